The Labute approximate surface area is 480 Å². The topological polar surface area (TPSA) is 78.9 Å². The molecule has 0 spiro atoms. The van der Waals surface area contributed by atoms with E-state index < -0.39 is 6.10 Å². The quantitative estimate of drug-likeness (QED) is 0.0261. The van der Waals surface area contributed by atoms with Crippen molar-refractivity contribution in [2.75, 3.05) is 13.2 Å². The highest BCUT2D eigenvalue weighted by atomic mass is 16.6. The maximum atomic E-state index is 12.9. The van der Waals surface area contributed by atoms with Gasteiger partial charge in [-0.05, 0) is 77.0 Å². The molecule has 77 heavy (non-hydrogen) atoms. The molecule has 0 fully saturated rings. The van der Waals surface area contributed by atoms with Gasteiger partial charge >= 0.3 is 17.9 Å². The van der Waals surface area contributed by atoms with E-state index in [1.807, 2.05) is 0 Å². The largest absolute Gasteiger partial charge is 0.462 e. The zero-order chi connectivity index (χ0) is 55.7. The van der Waals surface area contributed by atoms with Gasteiger partial charge in [-0.1, -0.05) is 320 Å². The van der Waals surface area contributed by atoms with Crippen LogP contribution in [-0.4, -0.2) is 37.2 Å². The van der Waals surface area contributed by atoms with E-state index in [-0.39, 0.29) is 31.1 Å². The maximum absolute atomic E-state index is 12.9. The van der Waals surface area contributed by atoms with Crippen LogP contribution in [0.3, 0.4) is 0 Å². The average molecular weight is 1080 g/mol. The van der Waals surface area contributed by atoms with Crippen molar-refractivity contribution in [2.45, 2.75) is 386 Å². The van der Waals surface area contributed by atoms with Crippen LogP contribution in [0.5, 0.6) is 0 Å². The zero-order valence-electron chi connectivity index (χ0n) is 52.0. The summed E-state index contributed by atoms with van der Waals surface area (Å²) in [5, 5.41) is 0. The number of ether oxygens (including phenoxy) is 3. The molecular formula is C71H132O6. The molecule has 0 amide bonds. The molecule has 0 aromatic rings. The zero-order valence-corrected chi connectivity index (χ0v) is 52.0. The van der Waals surface area contributed by atoms with Gasteiger partial charge in [0.1, 0.15) is 13.2 Å². The summed E-state index contributed by atoms with van der Waals surface area (Å²) in [6, 6.07) is 0. The average Bonchev–Trinajstić information content (AvgIpc) is 3.43. The molecule has 1 unspecified atom stereocenters. The number of rotatable bonds is 64. The summed E-state index contributed by atoms with van der Waals surface area (Å²) in [7, 11) is 0. The van der Waals surface area contributed by atoms with Crippen LogP contribution in [0.15, 0.2) is 36.5 Å². The SMILES string of the molecule is CCCCC/C=C\C/C=C\CCCCCCCC(=O)OCC(COC(=O)CCCCCCCCCCCCCCCCCCCCCCCCC)OC(=O)CCCCCCCCCCC/C=C\CCCCCCCCCC. The summed E-state index contributed by atoms with van der Waals surface area (Å²) in [5.41, 5.74) is 0. The van der Waals surface area contributed by atoms with Gasteiger partial charge in [-0.25, -0.2) is 0 Å². The second-order valence-electron chi connectivity index (χ2n) is 23.4. The fourth-order valence-corrected chi connectivity index (χ4v) is 10.4. The smallest absolute Gasteiger partial charge is 0.306 e. The molecule has 452 valence electrons. The highest BCUT2D eigenvalue weighted by Crippen LogP contribution is 2.18. The van der Waals surface area contributed by atoms with E-state index in [1.54, 1.807) is 0 Å². The molecular weight excluding hydrogens is 949 g/mol. The number of allylic oxidation sites excluding steroid dienone is 6. The number of unbranched alkanes of at least 4 members (excludes halogenated alkanes) is 47. The van der Waals surface area contributed by atoms with Gasteiger partial charge in [-0.3, -0.25) is 14.4 Å². The molecule has 0 bridgehead atoms. The van der Waals surface area contributed by atoms with Crippen LogP contribution in [0, 0.1) is 0 Å². The van der Waals surface area contributed by atoms with Crippen LogP contribution in [0.4, 0.5) is 0 Å². The molecule has 0 radical (unpaired) electrons. The van der Waals surface area contributed by atoms with Gasteiger partial charge in [-0.15, -0.1) is 0 Å². The fourth-order valence-electron chi connectivity index (χ4n) is 10.4. The van der Waals surface area contributed by atoms with Crippen molar-refractivity contribution in [3.63, 3.8) is 0 Å². The first-order valence-corrected chi connectivity index (χ1v) is 34.5. The molecule has 0 aromatic heterocycles. The normalized spacial score (nSPS) is 12.2. The summed E-state index contributed by atoms with van der Waals surface area (Å²) in [5.74, 6) is -0.862. The molecule has 0 heterocycles. The third kappa shape index (κ3) is 64.3. The van der Waals surface area contributed by atoms with Crippen LogP contribution in [0.25, 0.3) is 0 Å². The Morgan fingerprint density at radius 3 is 0.753 bits per heavy atom. The minimum Gasteiger partial charge on any atom is -0.462 e. The third-order valence-corrected chi connectivity index (χ3v) is 15.6. The second kappa shape index (κ2) is 66.1. The van der Waals surface area contributed by atoms with E-state index >= 15 is 0 Å². The molecule has 0 aliphatic carbocycles. The van der Waals surface area contributed by atoms with Crippen LogP contribution < -0.4 is 0 Å². The lowest BCUT2D eigenvalue weighted by Crippen LogP contribution is -2.30. The minimum atomic E-state index is -0.778. The standard InChI is InChI=1S/C71H132O6/c1-4-7-10-13-16-19-22-25-28-30-32-34-35-37-38-40-43-46-49-52-55-58-61-64-70(73)76-67-68(66-75-69(72)63-60-57-54-51-48-45-42-27-24-21-18-15-12-9-6-3)77-71(74)65-62-59-56-53-50-47-44-41-39-36-33-31-29-26-23-20-17-14-11-8-5-2/h18,21,27,31,33,42,68H,4-17,19-20,22-26,28-30,32,34-41,43-67H2,1-3H3/b21-18-,33-31-,42-27-. The van der Waals surface area contributed by atoms with E-state index in [0.29, 0.717) is 19.3 Å². The van der Waals surface area contributed by atoms with Crippen molar-refractivity contribution in [2.24, 2.45) is 0 Å². The number of hydrogen-bond donors (Lipinski definition) is 0. The van der Waals surface area contributed by atoms with E-state index in [9.17, 15) is 14.4 Å². The van der Waals surface area contributed by atoms with Gasteiger partial charge in [0.25, 0.3) is 0 Å². The van der Waals surface area contributed by atoms with Gasteiger partial charge < -0.3 is 14.2 Å². The van der Waals surface area contributed by atoms with Crippen molar-refractivity contribution in [1.29, 1.82) is 0 Å². The van der Waals surface area contributed by atoms with Crippen LogP contribution >= 0.6 is 0 Å². The first-order chi connectivity index (χ1) is 38.0. The summed E-state index contributed by atoms with van der Waals surface area (Å²) in [6.07, 6.45) is 81.6. The number of carbonyl (C=O) groups excluding carboxylic acids is 3. The molecule has 0 saturated carbocycles. The van der Waals surface area contributed by atoms with E-state index in [4.69, 9.17) is 14.2 Å². The minimum absolute atomic E-state index is 0.0729. The van der Waals surface area contributed by atoms with Crippen LogP contribution in [0.1, 0.15) is 380 Å². The Morgan fingerprint density at radius 2 is 0.468 bits per heavy atom. The molecule has 1 atom stereocenters. The second-order valence-corrected chi connectivity index (χ2v) is 23.4. The first kappa shape index (κ1) is 74.6. The Hall–Kier alpha value is -2.37. The van der Waals surface area contributed by atoms with E-state index in [0.717, 1.165) is 77.0 Å². The van der Waals surface area contributed by atoms with Crippen molar-refractivity contribution in [3.8, 4) is 0 Å². The third-order valence-electron chi connectivity index (χ3n) is 15.6. The Bertz CT molecular complexity index is 1290. The predicted octanol–water partition coefficient (Wildman–Crippen LogP) is 23.6. The molecule has 0 aliphatic heterocycles. The lowest BCUT2D eigenvalue weighted by Gasteiger charge is -2.18. The van der Waals surface area contributed by atoms with Crippen LogP contribution in [-0.2, 0) is 28.6 Å². The summed E-state index contributed by atoms with van der Waals surface area (Å²) >= 11 is 0. The van der Waals surface area contributed by atoms with Crippen molar-refractivity contribution in [3.05, 3.63) is 36.5 Å². The van der Waals surface area contributed by atoms with Gasteiger partial charge in [0.15, 0.2) is 6.10 Å². The Morgan fingerprint density at radius 1 is 0.260 bits per heavy atom. The summed E-state index contributed by atoms with van der Waals surface area (Å²) in [4.78, 5) is 38.4. The Balaban J connectivity index is 4.29. The van der Waals surface area contributed by atoms with Gasteiger partial charge in [0.2, 0.25) is 0 Å². The summed E-state index contributed by atoms with van der Waals surface area (Å²) < 4.78 is 17.0. The molecule has 6 heteroatoms. The Kier molecular flexibility index (Phi) is 64.1. The first-order valence-electron chi connectivity index (χ1n) is 34.5. The number of hydrogen-bond acceptors (Lipinski definition) is 6. The van der Waals surface area contributed by atoms with E-state index in [2.05, 4.69) is 57.2 Å². The summed E-state index contributed by atoms with van der Waals surface area (Å²) in [6.45, 7) is 6.67. The lowest BCUT2D eigenvalue weighted by atomic mass is 10.0. The predicted molar refractivity (Wildman–Crippen MR) is 335 cm³/mol. The van der Waals surface area contributed by atoms with Gasteiger partial charge in [0.05, 0.1) is 0 Å². The highest BCUT2D eigenvalue weighted by Gasteiger charge is 2.19. The monoisotopic (exact) mass is 1080 g/mol. The molecule has 0 aliphatic rings. The molecule has 0 rings (SSSR count). The molecule has 0 aromatic carbocycles. The van der Waals surface area contributed by atoms with Gasteiger partial charge in [0, 0.05) is 19.3 Å². The highest BCUT2D eigenvalue weighted by molar-refractivity contribution is 5.71. The van der Waals surface area contributed by atoms with Crippen molar-refractivity contribution in [1.82, 2.24) is 0 Å². The molecule has 6 nitrogen and oxygen atoms in total. The maximum Gasteiger partial charge on any atom is 0.306 e. The number of carbonyl (C=O) groups is 3. The fraction of sp³-hybridized carbons (Fsp3) is 0.873. The van der Waals surface area contributed by atoms with Gasteiger partial charge in [-0.2, -0.15) is 0 Å². The molecule has 0 saturated heterocycles. The molecule has 0 N–H and O–H groups in total. The van der Waals surface area contributed by atoms with Crippen molar-refractivity contribution >= 4 is 17.9 Å². The van der Waals surface area contributed by atoms with Crippen molar-refractivity contribution < 1.29 is 28.6 Å². The van der Waals surface area contributed by atoms with Crippen LogP contribution in [0.2, 0.25) is 0 Å². The lowest BCUT2D eigenvalue weighted by molar-refractivity contribution is -0.167. The number of esters is 3. The van der Waals surface area contributed by atoms with E-state index in [1.165, 1.54) is 263 Å².